The predicted molar refractivity (Wildman–Crippen MR) is 172 cm³/mol. The number of rotatable bonds is 12. The molecule has 1 unspecified atom stereocenters. The van der Waals surface area contributed by atoms with Crippen LogP contribution < -0.4 is 0 Å². The first kappa shape index (κ1) is 42.9. The molecule has 1 heterocycles. The summed E-state index contributed by atoms with van der Waals surface area (Å²) >= 11 is 0. The second-order valence-electron chi connectivity index (χ2n) is 14.4. The molecule has 0 aromatic rings. The van der Waals surface area contributed by atoms with E-state index < -0.39 is 0 Å². The predicted octanol–water partition coefficient (Wildman–Crippen LogP) is 9.41. The third kappa shape index (κ3) is 23.2. The molecule has 0 N–H and O–H groups in total. The fourth-order valence-corrected chi connectivity index (χ4v) is 3.76. The van der Waals surface area contributed by atoms with Gasteiger partial charge in [-0.3, -0.25) is 24.1 Å². The highest BCUT2D eigenvalue weighted by molar-refractivity contribution is 6.03. The molecular weight excluding hydrogens is 498 g/mol. The minimum atomic E-state index is -0.0881. The zero-order valence-electron chi connectivity index (χ0n) is 29.5. The minimum absolute atomic E-state index is 0.00347. The lowest BCUT2D eigenvalue weighted by atomic mass is 9.94. The number of hydrogen-bond acceptors (Lipinski definition) is 4. The van der Waals surface area contributed by atoms with Gasteiger partial charge in [-0.05, 0) is 49.9 Å². The number of Topliss-reactive ketones (excluding diaryl/α,β-unsaturated/α-hetero) is 2. The molecule has 1 aliphatic heterocycles. The van der Waals surface area contributed by atoms with Crippen molar-refractivity contribution < 1.29 is 19.2 Å². The van der Waals surface area contributed by atoms with Crippen molar-refractivity contribution in [1.82, 2.24) is 4.90 Å². The van der Waals surface area contributed by atoms with E-state index in [0.717, 1.165) is 31.1 Å². The van der Waals surface area contributed by atoms with Gasteiger partial charge in [0.25, 0.3) is 0 Å². The van der Waals surface area contributed by atoms with Crippen molar-refractivity contribution in [1.29, 1.82) is 0 Å². The van der Waals surface area contributed by atoms with Gasteiger partial charge in [0.15, 0.2) is 0 Å². The first-order chi connectivity index (χ1) is 18.1. The van der Waals surface area contributed by atoms with Crippen molar-refractivity contribution in [3.63, 3.8) is 0 Å². The van der Waals surface area contributed by atoms with E-state index in [1.54, 1.807) is 0 Å². The molecule has 0 bridgehead atoms. The van der Waals surface area contributed by atoms with Crippen LogP contribution in [0, 0.1) is 47.3 Å². The molecule has 0 spiro atoms. The fourth-order valence-electron chi connectivity index (χ4n) is 3.76. The monoisotopic (exact) mass is 568 g/mol. The van der Waals surface area contributed by atoms with E-state index in [4.69, 9.17) is 0 Å². The van der Waals surface area contributed by atoms with E-state index in [2.05, 4.69) is 55.4 Å². The third-order valence-electron chi connectivity index (χ3n) is 6.73. The Morgan fingerprint density at radius 1 is 0.625 bits per heavy atom. The van der Waals surface area contributed by atoms with Gasteiger partial charge in [0, 0.05) is 43.1 Å². The van der Waals surface area contributed by atoms with Gasteiger partial charge in [-0.25, -0.2) is 0 Å². The number of nitrogens with zero attached hydrogens (tertiary/aromatic N) is 1. The summed E-state index contributed by atoms with van der Waals surface area (Å²) < 4.78 is 0. The van der Waals surface area contributed by atoms with Crippen LogP contribution in [0.3, 0.4) is 0 Å². The van der Waals surface area contributed by atoms with Crippen LogP contribution in [-0.4, -0.2) is 34.3 Å². The Balaban J connectivity index is -0.000000466. The first-order valence-electron chi connectivity index (χ1n) is 16.1. The number of ketones is 2. The van der Waals surface area contributed by atoms with Gasteiger partial charge in [-0.15, -0.1) is 0 Å². The van der Waals surface area contributed by atoms with Crippen LogP contribution in [0.2, 0.25) is 0 Å². The molecule has 0 saturated carbocycles. The van der Waals surface area contributed by atoms with E-state index in [9.17, 15) is 19.2 Å². The number of hydrogen-bond donors (Lipinski definition) is 0. The maximum Gasteiger partial charge on any atom is 0.233 e. The van der Waals surface area contributed by atoms with Gasteiger partial charge in [0.2, 0.25) is 11.8 Å². The smallest absolute Gasteiger partial charge is 0.233 e. The summed E-state index contributed by atoms with van der Waals surface area (Å²) in [5.41, 5.74) is 0. The van der Waals surface area contributed by atoms with E-state index in [1.807, 2.05) is 55.4 Å². The first-order valence-corrected chi connectivity index (χ1v) is 16.1. The Labute approximate surface area is 250 Å². The van der Waals surface area contributed by atoms with Crippen molar-refractivity contribution in [2.24, 2.45) is 47.3 Å². The second-order valence-corrected chi connectivity index (χ2v) is 14.4. The Morgan fingerprint density at radius 2 is 1.02 bits per heavy atom. The lowest BCUT2D eigenvalue weighted by molar-refractivity contribution is -0.141. The fraction of sp³-hybridized carbons (Fsp3) is 0.886. The van der Waals surface area contributed by atoms with Gasteiger partial charge in [0.05, 0.1) is 0 Å². The molecule has 1 fully saturated rings. The maximum absolute atomic E-state index is 11.7. The SMILES string of the molecule is CC(C)C1CC(=O)N(C(C)C)C1=O.CC(C)CC(=O)C(C)C.CC(C)CCC(=O)C(C)C.CC(C)CCC(C)C. The third-order valence-corrected chi connectivity index (χ3v) is 6.73. The summed E-state index contributed by atoms with van der Waals surface area (Å²) in [5.74, 6) is 4.33. The largest absolute Gasteiger partial charge is 0.299 e. The Kier molecular flexibility index (Phi) is 24.8. The molecule has 1 aliphatic rings. The van der Waals surface area contributed by atoms with E-state index in [0.29, 0.717) is 29.8 Å². The molecule has 1 atom stereocenters. The zero-order chi connectivity index (χ0) is 32.3. The van der Waals surface area contributed by atoms with Gasteiger partial charge in [-0.1, -0.05) is 110 Å². The Morgan fingerprint density at radius 3 is 1.23 bits per heavy atom. The van der Waals surface area contributed by atoms with Crippen LogP contribution >= 0.6 is 0 Å². The quantitative estimate of drug-likeness (QED) is 0.220. The van der Waals surface area contributed by atoms with E-state index in [1.165, 1.54) is 17.7 Å². The van der Waals surface area contributed by atoms with Crippen molar-refractivity contribution >= 4 is 23.4 Å². The second kappa shape index (κ2) is 23.1. The van der Waals surface area contributed by atoms with Crippen molar-refractivity contribution in [3.8, 4) is 0 Å². The number of carbonyl (C=O) groups is 4. The Bertz CT molecular complexity index is 694. The summed E-state index contributed by atoms with van der Waals surface area (Å²) in [4.78, 5) is 46.5. The van der Waals surface area contributed by atoms with Crippen molar-refractivity contribution in [2.45, 2.75) is 155 Å². The molecule has 5 nitrogen and oxygen atoms in total. The normalized spacial score (nSPS) is 15.2. The summed E-state index contributed by atoms with van der Waals surface area (Å²) in [6.07, 6.45) is 5.70. The summed E-state index contributed by atoms with van der Waals surface area (Å²) in [7, 11) is 0. The highest BCUT2D eigenvalue weighted by atomic mass is 16.2. The molecule has 5 heteroatoms. The van der Waals surface area contributed by atoms with Crippen molar-refractivity contribution in [2.75, 3.05) is 0 Å². The van der Waals surface area contributed by atoms with Gasteiger partial charge >= 0.3 is 0 Å². The summed E-state index contributed by atoms with van der Waals surface area (Å²) in [6.45, 7) is 33.1. The van der Waals surface area contributed by atoms with Crippen LogP contribution in [0.5, 0.6) is 0 Å². The average Bonchev–Trinajstić information content (AvgIpc) is 3.11. The zero-order valence-corrected chi connectivity index (χ0v) is 29.5. The van der Waals surface area contributed by atoms with Gasteiger partial charge in [-0.2, -0.15) is 0 Å². The number of imide groups is 1. The van der Waals surface area contributed by atoms with Crippen LogP contribution in [-0.2, 0) is 19.2 Å². The molecule has 0 radical (unpaired) electrons. The topological polar surface area (TPSA) is 71.5 Å². The molecule has 238 valence electrons. The highest BCUT2D eigenvalue weighted by Crippen LogP contribution is 2.27. The molecule has 1 saturated heterocycles. The highest BCUT2D eigenvalue weighted by Gasteiger charge is 2.41. The van der Waals surface area contributed by atoms with Crippen LogP contribution in [0.4, 0.5) is 0 Å². The molecule has 1 rings (SSSR count). The standard InChI is InChI=1S/C10H17NO2.C9H18O.C8H16O.C8H18/c1-6(2)8-5-9(12)11(7(3)4)10(8)13;1-7(2)5-6-9(10)8(3)4;1-6(2)5-8(9)7(3)4;1-7(2)5-6-8(3)4/h6-8H,5H2,1-4H3;7-8H,5-6H2,1-4H3;6-7H,5H2,1-4H3;7-8H,5-6H2,1-4H3. The number of amides is 2. The molecule has 2 amide bonds. The van der Waals surface area contributed by atoms with E-state index >= 15 is 0 Å². The minimum Gasteiger partial charge on any atom is -0.299 e. The average molecular weight is 568 g/mol. The van der Waals surface area contributed by atoms with Crippen LogP contribution in [0.1, 0.15) is 149 Å². The summed E-state index contributed by atoms with van der Waals surface area (Å²) in [5, 5.41) is 0. The molecule has 0 aromatic carbocycles. The molecule has 0 aromatic heterocycles. The van der Waals surface area contributed by atoms with Crippen LogP contribution in [0.15, 0.2) is 0 Å². The molecular formula is C35H69NO4. The number of carbonyl (C=O) groups excluding carboxylic acids is 4. The number of likely N-dealkylation sites (tertiary alicyclic amines) is 1. The van der Waals surface area contributed by atoms with Crippen LogP contribution in [0.25, 0.3) is 0 Å². The van der Waals surface area contributed by atoms with Gasteiger partial charge < -0.3 is 0 Å². The maximum atomic E-state index is 11.7. The summed E-state index contributed by atoms with van der Waals surface area (Å²) in [6, 6.07) is 0.00347. The molecule has 0 aliphatic carbocycles. The lowest BCUT2D eigenvalue weighted by Crippen LogP contribution is -2.37. The van der Waals surface area contributed by atoms with Gasteiger partial charge in [0.1, 0.15) is 11.6 Å². The Hall–Kier alpha value is -1.52. The lowest BCUT2D eigenvalue weighted by Gasteiger charge is -2.19. The van der Waals surface area contributed by atoms with E-state index in [-0.39, 0.29) is 41.5 Å². The van der Waals surface area contributed by atoms with Crippen molar-refractivity contribution in [3.05, 3.63) is 0 Å². The molecule has 40 heavy (non-hydrogen) atoms.